The van der Waals surface area contributed by atoms with Crippen molar-refractivity contribution in [3.63, 3.8) is 0 Å². The number of nitriles is 2. The van der Waals surface area contributed by atoms with Crippen molar-refractivity contribution in [2.24, 2.45) is 0 Å². The van der Waals surface area contributed by atoms with Gasteiger partial charge >= 0.3 is 6.03 Å². The van der Waals surface area contributed by atoms with Crippen LogP contribution < -0.4 is 18.9 Å². The van der Waals surface area contributed by atoms with Crippen LogP contribution in [0.25, 0.3) is 0 Å². The number of halogens is 2. The highest BCUT2D eigenvalue weighted by Crippen LogP contribution is 2.42. The molecule has 2 fully saturated rings. The van der Waals surface area contributed by atoms with Gasteiger partial charge in [-0.05, 0) is 97.5 Å². The van der Waals surface area contributed by atoms with Crippen LogP contribution >= 0.6 is 0 Å². The van der Waals surface area contributed by atoms with Gasteiger partial charge in [0.2, 0.25) is 13.6 Å². The van der Waals surface area contributed by atoms with E-state index in [1.807, 2.05) is 62.4 Å². The van der Waals surface area contributed by atoms with E-state index in [0.29, 0.717) is 47.0 Å². The third kappa shape index (κ3) is 6.65. The van der Waals surface area contributed by atoms with Gasteiger partial charge in [-0.25, -0.2) is 13.6 Å². The highest BCUT2D eigenvalue weighted by molar-refractivity contribution is 5.76. The summed E-state index contributed by atoms with van der Waals surface area (Å²) in [5.41, 5.74) is 2.46. The number of carbonyl (C=O) groups is 1. The maximum Gasteiger partial charge on any atom is 0.321 e. The molecule has 0 radical (unpaired) electrons. The molecule has 4 heterocycles. The van der Waals surface area contributed by atoms with Gasteiger partial charge in [0.1, 0.15) is 36.0 Å². The van der Waals surface area contributed by atoms with Crippen molar-refractivity contribution in [1.29, 1.82) is 10.5 Å². The Morgan fingerprint density at radius 1 is 0.642 bits per heavy atom. The first-order valence-corrected chi connectivity index (χ1v) is 17.2. The third-order valence-corrected chi connectivity index (χ3v) is 9.99. The largest absolute Gasteiger partial charge is 0.454 e. The van der Waals surface area contributed by atoms with Crippen LogP contribution in [0.5, 0.6) is 23.0 Å². The Labute approximate surface area is 304 Å². The highest BCUT2D eigenvalue weighted by Gasteiger charge is 2.55. The normalized spacial score (nSPS) is 22.3. The summed E-state index contributed by atoms with van der Waals surface area (Å²) in [7, 11) is 0. The molecule has 4 aromatic carbocycles. The van der Waals surface area contributed by atoms with E-state index in [1.165, 1.54) is 24.3 Å². The quantitative estimate of drug-likeness (QED) is 0.205. The zero-order valence-electron chi connectivity index (χ0n) is 28.9. The molecule has 11 nitrogen and oxygen atoms in total. The van der Waals surface area contributed by atoms with E-state index in [-0.39, 0.29) is 37.8 Å². The van der Waals surface area contributed by atoms with Crippen LogP contribution in [0.1, 0.15) is 47.2 Å². The van der Waals surface area contributed by atoms with Crippen LogP contribution in [0.15, 0.2) is 72.8 Å². The Balaban J connectivity index is 1.27. The molecule has 13 heteroatoms. The lowest BCUT2D eigenvalue weighted by Gasteiger charge is -2.37. The zero-order chi connectivity index (χ0) is 36.9. The van der Waals surface area contributed by atoms with Gasteiger partial charge in [-0.3, -0.25) is 0 Å². The van der Waals surface area contributed by atoms with Crippen LogP contribution in [-0.2, 0) is 35.4 Å². The minimum absolute atomic E-state index is 0.00384. The molecule has 2 amide bonds. The van der Waals surface area contributed by atoms with Crippen molar-refractivity contribution >= 4 is 6.03 Å². The van der Waals surface area contributed by atoms with E-state index in [1.54, 1.807) is 21.9 Å². The second-order valence-electron chi connectivity index (χ2n) is 13.9. The molecule has 4 aliphatic rings. The Kier molecular flexibility index (Phi) is 8.77. The van der Waals surface area contributed by atoms with Crippen molar-refractivity contribution in [2.75, 3.05) is 13.6 Å². The van der Waals surface area contributed by atoms with Gasteiger partial charge in [0.15, 0.2) is 28.8 Å². The molecule has 4 atom stereocenters. The summed E-state index contributed by atoms with van der Waals surface area (Å²) >= 11 is 0. The number of hydrogen-bond donors (Lipinski definition) is 0. The van der Waals surface area contributed by atoms with E-state index < -0.39 is 47.7 Å². The van der Waals surface area contributed by atoms with Crippen molar-refractivity contribution < 1.29 is 42.0 Å². The van der Waals surface area contributed by atoms with Crippen molar-refractivity contribution in [3.05, 3.63) is 118 Å². The van der Waals surface area contributed by atoms with Gasteiger partial charge in [-0.2, -0.15) is 10.5 Å². The number of carbonyl (C=O) groups excluding carboxylic acids is 1. The summed E-state index contributed by atoms with van der Waals surface area (Å²) in [6, 6.07) is 21.7. The molecule has 0 saturated carbocycles. The van der Waals surface area contributed by atoms with Crippen LogP contribution in [0.2, 0.25) is 0 Å². The second kappa shape index (κ2) is 13.6. The number of ether oxygens (including phenoxy) is 6. The molecule has 4 aliphatic heterocycles. The molecular formula is C40H34F2N4O7. The smallest absolute Gasteiger partial charge is 0.321 e. The van der Waals surface area contributed by atoms with Gasteiger partial charge in [-0.15, -0.1) is 0 Å². The first-order chi connectivity index (χ1) is 25.6. The predicted octanol–water partition coefficient (Wildman–Crippen LogP) is 6.35. The summed E-state index contributed by atoms with van der Waals surface area (Å²) < 4.78 is 65.0. The molecule has 53 heavy (non-hydrogen) atoms. The molecule has 0 unspecified atom stereocenters. The molecule has 0 bridgehead atoms. The average Bonchev–Trinajstić information content (AvgIpc) is 3.89. The molecule has 0 aromatic heterocycles. The number of urea groups is 1. The summed E-state index contributed by atoms with van der Waals surface area (Å²) in [4.78, 5) is 18.7. The van der Waals surface area contributed by atoms with Crippen LogP contribution in [0, 0.1) is 34.3 Å². The van der Waals surface area contributed by atoms with Crippen molar-refractivity contribution in [3.8, 4) is 35.1 Å². The van der Waals surface area contributed by atoms with Gasteiger partial charge in [0.05, 0.1) is 23.2 Å². The lowest BCUT2D eigenvalue weighted by molar-refractivity contribution is -0.157. The minimum Gasteiger partial charge on any atom is -0.454 e. The zero-order valence-corrected chi connectivity index (χ0v) is 28.9. The third-order valence-electron chi connectivity index (χ3n) is 9.99. The Morgan fingerprint density at radius 2 is 1.06 bits per heavy atom. The van der Waals surface area contributed by atoms with E-state index in [0.717, 1.165) is 11.1 Å². The number of rotatable bonds is 8. The number of nitrogens with zero attached hydrogens (tertiary/aromatic N) is 4. The molecule has 4 aromatic rings. The summed E-state index contributed by atoms with van der Waals surface area (Å²) in [6.45, 7) is 3.84. The first kappa shape index (κ1) is 34.2. The molecule has 0 spiro atoms. The van der Waals surface area contributed by atoms with E-state index in [9.17, 15) is 19.3 Å². The molecule has 2 saturated heterocycles. The maximum atomic E-state index is 15.3. The molecule has 0 N–H and O–H groups in total. The maximum absolute atomic E-state index is 15.3. The van der Waals surface area contributed by atoms with E-state index in [2.05, 4.69) is 0 Å². The number of amides is 2. The van der Waals surface area contributed by atoms with Crippen LogP contribution in [-0.4, -0.2) is 59.5 Å². The average molecular weight is 721 g/mol. The van der Waals surface area contributed by atoms with Crippen LogP contribution in [0.3, 0.4) is 0 Å². The topological polar surface area (TPSA) is 127 Å². The first-order valence-electron chi connectivity index (χ1n) is 17.2. The highest BCUT2D eigenvalue weighted by atomic mass is 19.1. The Morgan fingerprint density at radius 3 is 1.49 bits per heavy atom. The Hall–Kier alpha value is -5.89. The second-order valence-corrected chi connectivity index (χ2v) is 13.9. The van der Waals surface area contributed by atoms with Gasteiger partial charge < -0.3 is 38.2 Å². The standard InChI is InChI=1S/C40H34F2N4O7/c1-40(2)52-37-31(13-23-5-9-33-35(15-23)50-21-48-33)45(19-25-3-7-29(41)27(11-25)17-43)39(47)46(20-26-4-8-30(42)28(12-26)18-44)32(38(37)53-40)14-24-6-10-34-36(16-24)51-22-49-34/h3-12,15-16,31-32,37-38H,13-14,19-22H2,1-2H3/t31-,32-,37+,38+/m1/s1. The molecule has 0 aliphatic carbocycles. The van der Waals surface area contributed by atoms with Gasteiger partial charge in [-0.1, -0.05) is 24.3 Å². The lowest BCUT2D eigenvalue weighted by Crippen LogP contribution is -2.51. The molecule has 270 valence electrons. The fraction of sp³-hybridized carbons (Fsp3) is 0.325. The van der Waals surface area contributed by atoms with Crippen molar-refractivity contribution in [1.82, 2.24) is 9.80 Å². The fourth-order valence-electron chi connectivity index (χ4n) is 7.56. The minimum atomic E-state index is -1.05. The monoisotopic (exact) mass is 720 g/mol. The number of hydrogen-bond acceptors (Lipinski definition) is 9. The van der Waals surface area contributed by atoms with E-state index in [4.69, 9.17) is 28.4 Å². The fourth-order valence-corrected chi connectivity index (χ4v) is 7.56. The Bertz CT molecular complexity index is 2030. The SMILES string of the molecule is CC1(C)O[C@@H]2[C@@H](O1)[C@@H](Cc1ccc3c(c1)OCO3)N(Cc1ccc(F)c(C#N)c1)C(=O)N(Cc1ccc(F)c(C#N)c1)[C@@H]2Cc1ccc2c(c1)OCO2. The lowest BCUT2D eigenvalue weighted by atomic mass is 9.90. The molecular weight excluding hydrogens is 686 g/mol. The van der Waals surface area contributed by atoms with Gasteiger partial charge in [0.25, 0.3) is 0 Å². The van der Waals surface area contributed by atoms with Gasteiger partial charge in [0, 0.05) is 13.1 Å². The molecule has 8 rings (SSSR count). The van der Waals surface area contributed by atoms with Crippen LogP contribution in [0.4, 0.5) is 13.6 Å². The van der Waals surface area contributed by atoms with Crippen molar-refractivity contribution in [2.45, 2.75) is 69.9 Å². The summed E-state index contributed by atoms with van der Waals surface area (Å²) in [6.07, 6.45) is -0.728. The van der Waals surface area contributed by atoms with E-state index >= 15 is 4.79 Å². The predicted molar refractivity (Wildman–Crippen MR) is 183 cm³/mol. The number of fused-ring (bicyclic) bond motifs is 3. The summed E-state index contributed by atoms with van der Waals surface area (Å²) in [5, 5.41) is 19.3. The summed E-state index contributed by atoms with van der Waals surface area (Å²) in [5.74, 6) is 0.00409. The number of benzene rings is 4.